The summed E-state index contributed by atoms with van der Waals surface area (Å²) in [5.41, 5.74) is 2.48. The Morgan fingerprint density at radius 2 is 2.15 bits per heavy atom. The van der Waals surface area contributed by atoms with Crippen LogP contribution in [0.3, 0.4) is 0 Å². The fraction of sp³-hybridized carbons (Fsp3) is 0.500. The van der Waals surface area contributed by atoms with Gasteiger partial charge in [0.05, 0.1) is 4.92 Å². The zero-order valence-corrected chi connectivity index (χ0v) is 12.0. The van der Waals surface area contributed by atoms with Gasteiger partial charge in [-0.05, 0) is 45.6 Å². The number of allylic oxidation sites excluding steroid dienone is 1. The summed E-state index contributed by atoms with van der Waals surface area (Å²) in [5.74, 6) is 0. The number of nitro benzene ring substituents is 1. The molecule has 0 bridgehead atoms. The Morgan fingerprint density at radius 3 is 2.85 bits per heavy atom. The molecule has 1 unspecified atom stereocenters. The van der Waals surface area contributed by atoms with Crippen molar-refractivity contribution in [3.05, 3.63) is 51.6 Å². The van der Waals surface area contributed by atoms with Gasteiger partial charge in [0.15, 0.2) is 0 Å². The van der Waals surface area contributed by atoms with Crippen LogP contribution in [0.4, 0.5) is 5.69 Å². The third-order valence-electron chi connectivity index (χ3n) is 3.88. The first-order chi connectivity index (χ1) is 9.68. The molecular weight excluding hydrogens is 252 g/mol. The fourth-order valence-electron chi connectivity index (χ4n) is 2.71. The number of hydrogen-bond donors (Lipinski definition) is 1. The molecule has 0 heterocycles. The summed E-state index contributed by atoms with van der Waals surface area (Å²) in [6.07, 6.45) is 8.41. The second-order valence-corrected chi connectivity index (χ2v) is 5.35. The largest absolute Gasteiger partial charge is 0.310 e. The van der Waals surface area contributed by atoms with Gasteiger partial charge in [0, 0.05) is 17.7 Å². The van der Waals surface area contributed by atoms with E-state index in [-0.39, 0.29) is 16.7 Å². The topological polar surface area (TPSA) is 55.2 Å². The van der Waals surface area contributed by atoms with Gasteiger partial charge in [0.2, 0.25) is 0 Å². The van der Waals surface area contributed by atoms with E-state index in [0.717, 1.165) is 18.5 Å². The molecule has 1 aliphatic rings. The van der Waals surface area contributed by atoms with Crippen molar-refractivity contribution in [3.63, 3.8) is 0 Å². The zero-order chi connectivity index (χ0) is 14.4. The van der Waals surface area contributed by atoms with E-state index < -0.39 is 0 Å². The molecule has 2 rings (SSSR count). The third kappa shape index (κ3) is 3.90. The maximum Gasteiger partial charge on any atom is 0.274 e. The normalized spacial score (nSPS) is 16.6. The van der Waals surface area contributed by atoms with Crippen LogP contribution in [-0.4, -0.2) is 11.5 Å². The number of hydrogen-bond acceptors (Lipinski definition) is 3. The van der Waals surface area contributed by atoms with E-state index in [1.54, 1.807) is 12.1 Å². The van der Waals surface area contributed by atoms with Crippen LogP contribution in [0.2, 0.25) is 0 Å². The number of nitrogens with one attached hydrogen (secondary N) is 1. The standard InChI is InChI=1S/C16H22N2O2/c1-13(15-9-5-6-10-16(15)18(19)20)17-12-11-14-7-3-2-4-8-14/h5-7,9-10,13,17H,2-4,8,11-12H2,1H3. The number of benzene rings is 1. The van der Waals surface area contributed by atoms with Crippen molar-refractivity contribution < 1.29 is 4.92 Å². The predicted molar refractivity (Wildman–Crippen MR) is 80.7 cm³/mol. The summed E-state index contributed by atoms with van der Waals surface area (Å²) in [6, 6.07) is 6.96. The molecule has 1 atom stereocenters. The first-order valence-corrected chi connectivity index (χ1v) is 7.33. The van der Waals surface area contributed by atoms with Gasteiger partial charge in [-0.1, -0.05) is 29.8 Å². The van der Waals surface area contributed by atoms with Crippen molar-refractivity contribution in [2.24, 2.45) is 0 Å². The zero-order valence-electron chi connectivity index (χ0n) is 12.0. The molecule has 0 aliphatic heterocycles. The lowest BCUT2D eigenvalue weighted by Gasteiger charge is -2.17. The molecule has 0 radical (unpaired) electrons. The van der Waals surface area contributed by atoms with E-state index in [1.165, 1.54) is 31.3 Å². The summed E-state index contributed by atoms with van der Waals surface area (Å²) in [5, 5.41) is 14.4. The number of nitro groups is 1. The maximum absolute atomic E-state index is 11.0. The average molecular weight is 274 g/mol. The van der Waals surface area contributed by atoms with E-state index in [1.807, 2.05) is 19.1 Å². The fourth-order valence-corrected chi connectivity index (χ4v) is 2.71. The van der Waals surface area contributed by atoms with Crippen molar-refractivity contribution in [1.82, 2.24) is 5.32 Å². The molecule has 0 fully saturated rings. The highest BCUT2D eigenvalue weighted by molar-refractivity contribution is 5.41. The summed E-state index contributed by atoms with van der Waals surface area (Å²) in [6.45, 7) is 2.86. The summed E-state index contributed by atoms with van der Waals surface area (Å²) in [4.78, 5) is 10.7. The Hall–Kier alpha value is -1.68. The van der Waals surface area contributed by atoms with Gasteiger partial charge < -0.3 is 5.32 Å². The molecule has 1 aliphatic carbocycles. The highest BCUT2D eigenvalue weighted by Gasteiger charge is 2.17. The Kier molecular flexibility index (Phi) is 5.30. The smallest absolute Gasteiger partial charge is 0.274 e. The second kappa shape index (κ2) is 7.20. The average Bonchev–Trinajstić information content (AvgIpc) is 2.48. The molecule has 0 aromatic heterocycles. The molecule has 0 amide bonds. The Balaban J connectivity index is 1.90. The highest BCUT2D eigenvalue weighted by atomic mass is 16.6. The van der Waals surface area contributed by atoms with Gasteiger partial charge in [-0.15, -0.1) is 0 Å². The van der Waals surface area contributed by atoms with Crippen molar-refractivity contribution in [2.75, 3.05) is 6.54 Å². The SMILES string of the molecule is CC(NCCC1=CCCCC1)c1ccccc1[N+](=O)[O-]. The lowest BCUT2D eigenvalue weighted by Crippen LogP contribution is -2.21. The molecule has 0 spiro atoms. The van der Waals surface area contributed by atoms with Gasteiger partial charge in [-0.3, -0.25) is 10.1 Å². The molecular formula is C16H22N2O2. The van der Waals surface area contributed by atoms with Gasteiger partial charge in [-0.25, -0.2) is 0 Å². The first kappa shape index (κ1) is 14.7. The minimum Gasteiger partial charge on any atom is -0.310 e. The second-order valence-electron chi connectivity index (χ2n) is 5.35. The molecule has 4 heteroatoms. The van der Waals surface area contributed by atoms with Crippen molar-refractivity contribution >= 4 is 5.69 Å². The van der Waals surface area contributed by atoms with E-state index in [2.05, 4.69) is 11.4 Å². The third-order valence-corrected chi connectivity index (χ3v) is 3.88. The van der Waals surface area contributed by atoms with Crippen LogP contribution < -0.4 is 5.32 Å². The monoisotopic (exact) mass is 274 g/mol. The van der Waals surface area contributed by atoms with E-state index in [4.69, 9.17) is 0 Å². The molecule has 4 nitrogen and oxygen atoms in total. The van der Waals surface area contributed by atoms with Gasteiger partial charge in [0.25, 0.3) is 5.69 Å². The maximum atomic E-state index is 11.0. The molecule has 1 aromatic rings. The van der Waals surface area contributed by atoms with Gasteiger partial charge in [-0.2, -0.15) is 0 Å². The first-order valence-electron chi connectivity index (χ1n) is 7.33. The number of nitrogens with zero attached hydrogens (tertiary/aromatic N) is 1. The minimum absolute atomic E-state index is 0.000732. The van der Waals surface area contributed by atoms with Gasteiger partial charge >= 0.3 is 0 Å². The highest BCUT2D eigenvalue weighted by Crippen LogP contribution is 2.25. The van der Waals surface area contributed by atoms with Crippen LogP contribution in [0.25, 0.3) is 0 Å². The molecule has 20 heavy (non-hydrogen) atoms. The van der Waals surface area contributed by atoms with Crippen LogP contribution >= 0.6 is 0 Å². The Bertz CT molecular complexity index is 497. The van der Waals surface area contributed by atoms with Crippen LogP contribution in [0.1, 0.15) is 50.6 Å². The Labute approximate surface area is 120 Å². The van der Waals surface area contributed by atoms with Gasteiger partial charge in [0.1, 0.15) is 0 Å². The lowest BCUT2D eigenvalue weighted by atomic mass is 9.97. The lowest BCUT2D eigenvalue weighted by molar-refractivity contribution is -0.385. The summed E-state index contributed by atoms with van der Waals surface area (Å²) >= 11 is 0. The van der Waals surface area contributed by atoms with Crippen LogP contribution in [0.15, 0.2) is 35.9 Å². The van der Waals surface area contributed by atoms with Crippen molar-refractivity contribution in [3.8, 4) is 0 Å². The summed E-state index contributed by atoms with van der Waals surface area (Å²) < 4.78 is 0. The molecule has 0 saturated heterocycles. The minimum atomic E-state index is -0.308. The number of para-hydroxylation sites is 1. The van der Waals surface area contributed by atoms with Crippen LogP contribution in [0, 0.1) is 10.1 Å². The van der Waals surface area contributed by atoms with E-state index in [0.29, 0.717) is 0 Å². The molecule has 108 valence electrons. The molecule has 1 N–H and O–H groups in total. The van der Waals surface area contributed by atoms with E-state index >= 15 is 0 Å². The number of rotatable bonds is 6. The quantitative estimate of drug-likeness (QED) is 0.482. The van der Waals surface area contributed by atoms with Crippen molar-refractivity contribution in [1.29, 1.82) is 0 Å². The summed E-state index contributed by atoms with van der Waals surface area (Å²) in [7, 11) is 0. The van der Waals surface area contributed by atoms with Crippen LogP contribution in [-0.2, 0) is 0 Å². The Morgan fingerprint density at radius 1 is 1.35 bits per heavy atom. The molecule has 1 aromatic carbocycles. The molecule has 0 saturated carbocycles. The van der Waals surface area contributed by atoms with E-state index in [9.17, 15) is 10.1 Å². The predicted octanol–water partition coefficient (Wildman–Crippen LogP) is 4.14. The van der Waals surface area contributed by atoms with Crippen LogP contribution in [0.5, 0.6) is 0 Å². The van der Waals surface area contributed by atoms with Crippen molar-refractivity contribution in [2.45, 2.75) is 45.1 Å².